The molecular weight excluding hydrogens is 737 g/mol. The van der Waals surface area contributed by atoms with E-state index in [1.807, 2.05) is 21.1 Å². The Bertz CT molecular complexity index is 1110. The number of allylic oxidation sites excluding steroid dienone is 8. The van der Waals surface area contributed by atoms with Crippen LogP contribution in [0.4, 0.5) is 0 Å². The van der Waals surface area contributed by atoms with Crippen molar-refractivity contribution in [2.75, 3.05) is 47.5 Å². The van der Waals surface area contributed by atoms with Gasteiger partial charge in [0.15, 0.2) is 6.10 Å². The molecule has 57 heavy (non-hydrogen) atoms. The van der Waals surface area contributed by atoms with E-state index in [0.29, 0.717) is 23.9 Å². The molecule has 0 aromatic rings. The van der Waals surface area contributed by atoms with Crippen molar-refractivity contribution >= 4 is 19.8 Å². The van der Waals surface area contributed by atoms with Crippen molar-refractivity contribution in [1.29, 1.82) is 0 Å². The molecule has 332 valence electrons. The van der Waals surface area contributed by atoms with E-state index < -0.39 is 32.5 Å². The Balaban J connectivity index is 4.38. The Morgan fingerprint density at radius 3 is 1.42 bits per heavy atom. The Hall–Kier alpha value is -2.03. The van der Waals surface area contributed by atoms with E-state index in [1.165, 1.54) is 77.0 Å². The molecule has 0 aromatic carbocycles. The van der Waals surface area contributed by atoms with E-state index in [0.717, 1.165) is 70.6 Å². The standard InChI is InChI=1S/C47H86NO8P/c1-6-8-10-12-14-16-18-20-22-24-26-28-30-32-34-36-38-40-47(50)56-45(44-55-57(51,52)54-42-41-48(3,4)5)43-53-46(49)39-37-35-33-31-29-27-25-23-21-19-17-15-13-11-9-7-2/h14,16-17,19-20,22-23,25,45H,6-13,15,18,21,24,26-44H2,1-5H3/b16-14-,19-17-,22-20-,25-23-. The van der Waals surface area contributed by atoms with Crippen LogP contribution in [0.15, 0.2) is 48.6 Å². The van der Waals surface area contributed by atoms with E-state index in [1.54, 1.807) is 0 Å². The summed E-state index contributed by atoms with van der Waals surface area (Å²) in [5, 5.41) is 0. The number of hydrogen-bond acceptors (Lipinski definition) is 8. The van der Waals surface area contributed by atoms with E-state index >= 15 is 0 Å². The summed E-state index contributed by atoms with van der Waals surface area (Å²) in [6.45, 7) is 4.16. The molecule has 9 nitrogen and oxygen atoms in total. The molecule has 0 aliphatic carbocycles. The van der Waals surface area contributed by atoms with Crippen molar-refractivity contribution in [3.05, 3.63) is 48.6 Å². The first-order chi connectivity index (χ1) is 27.5. The zero-order chi connectivity index (χ0) is 42.1. The summed E-state index contributed by atoms with van der Waals surface area (Å²) in [6, 6.07) is 0. The zero-order valence-electron chi connectivity index (χ0n) is 37.3. The number of quaternary nitrogens is 1. The van der Waals surface area contributed by atoms with Crippen molar-refractivity contribution in [3.63, 3.8) is 0 Å². The lowest BCUT2D eigenvalue weighted by atomic mass is 10.1. The molecule has 2 unspecified atom stereocenters. The highest BCUT2D eigenvalue weighted by Gasteiger charge is 2.21. The third-order valence-corrected chi connectivity index (χ3v) is 10.5. The normalized spacial score (nSPS) is 14.0. The van der Waals surface area contributed by atoms with Gasteiger partial charge in [-0.2, -0.15) is 0 Å². The van der Waals surface area contributed by atoms with Crippen molar-refractivity contribution in [2.24, 2.45) is 0 Å². The summed E-state index contributed by atoms with van der Waals surface area (Å²) in [7, 11) is 1.15. The van der Waals surface area contributed by atoms with Gasteiger partial charge in [-0.15, -0.1) is 0 Å². The van der Waals surface area contributed by atoms with Crippen LogP contribution < -0.4 is 4.89 Å². The molecule has 0 rings (SSSR count). The molecule has 2 atom stereocenters. The van der Waals surface area contributed by atoms with Gasteiger partial charge in [0.1, 0.15) is 19.8 Å². The Morgan fingerprint density at radius 2 is 0.947 bits per heavy atom. The van der Waals surface area contributed by atoms with Gasteiger partial charge in [-0.3, -0.25) is 14.2 Å². The minimum Gasteiger partial charge on any atom is -0.756 e. The van der Waals surface area contributed by atoms with Gasteiger partial charge >= 0.3 is 11.9 Å². The molecule has 0 radical (unpaired) electrons. The number of likely N-dealkylation sites (N-methyl/N-ethyl adjacent to an activating group) is 1. The molecule has 0 aliphatic heterocycles. The average Bonchev–Trinajstić information content (AvgIpc) is 3.16. The lowest BCUT2D eigenvalue weighted by Gasteiger charge is -2.28. The molecule has 0 aromatic heterocycles. The second-order valence-corrected chi connectivity index (χ2v) is 17.8. The maximum absolute atomic E-state index is 12.7. The molecule has 0 heterocycles. The second-order valence-electron chi connectivity index (χ2n) is 16.4. The lowest BCUT2D eigenvalue weighted by molar-refractivity contribution is -0.870. The molecular formula is C47H86NO8P. The fourth-order valence-electron chi connectivity index (χ4n) is 5.95. The first-order valence-corrected chi connectivity index (χ1v) is 24.3. The van der Waals surface area contributed by atoms with Gasteiger partial charge in [-0.25, -0.2) is 0 Å². The van der Waals surface area contributed by atoms with Crippen LogP contribution >= 0.6 is 7.82 Å². The summed E-state index contributed by atoms with van der Waals surface area (Å²) >= 11 is 0. The SMILES string of the molecule is CCCCC/C=C\C/C=C\CCCCCCCCCC(=O)OC(COC(=O)CCCCCCC/C=C\C/C=C\CCCCCC)COP(=O)([O-])OCC[N+](C)(C)C. The Labute approximate surface area is 350 Å². The van der Waals surface area contributed by atoms with Crippen LogP contribution in [0.1, 0.15) is 187 Å². The summed E-state index contributed by atoms with van der Waals surface area (Å²) < 4.78 is 33.9. The number of phosphoric ester groups is 1. The monoisotopic (exact) mass is 824 g/mol. The average molecular weight is 824 g/mol. The fraction of sp³-hybridized carbons (Fsp3) is 0.787. The molecule has 0 amide bonds. The first kappa shape index (κ1) is 55.0. The third-order valence-electron chi connectivity index (χ3n) is 9.57. The number of nitrogens with zero attached hydrogens (tertiary/aromatic N) is 1. The van der Waals surface area contributed by atoms with Crippen molar-refractivity contribution in [3.8, 4) is 0 Å². The number of unbranched alkanes of at least 4 members (excludes halogenated alkanes) is 19. The van der Waals surface area contributed by atoms with Gasteiger partial charge in [0.25, 0.3) is 7.82 Å². The fourth-order valence-corrected chi connectivity index (χ4v) is 6.68. The van der Waals surface area contributed by atoms with E-state index in [2.05, 4.69) is 62.5 Å². The largest absolute Gasteiger partial charge is 0.756 e. The van der Waals surface area contributed by atoms with E-state index in [-0.39, 0.29) is 26.1 Å². The van der Waals surface area contributed by atoms with Crippen molar-refractivity contribution in [1.82, 2.24) is 0 Å². The highest BCUT2D eigenvalue weighted by molar-refractivity contribution is 7.45. The maximum Gasteiger partial charge on any atom is 0.306 e. The number of phosphoric acid groups is 1. The van der Waals surface area contributed by atoms with Gasteiger partial charge in [0, 0.05) is 12.8 Å². The molecule has 0 fully saturated rings. The number of carbonyl (C=O) groups excluding carboxylic acids is 2. The van der Waals surface area contributed by atoms with Crippen LogP contribution in [-0.2, 0) is 32.7 Å². The maximum atomic E-state index is 12.7. The zero-order valence-corrected chi connectivity index (χ0v) is 38.2. The van der Waals surface area contributed by atoms with Crippen LogP contribution in [0.3, 0.4) is 0 Å². The first-order valence-electron chi connectivity index (χ1n) is 22.8. The Morgan fingerprint density at radius 1 is 0.544 bits per heavy atom. The number of hydrogen-bond donors (Lipinski definition) is 0. The van der Waals surface area contributed by atoms with Crippen molar-refractivity contribution < 1.29 is 42.1 Å². The van der Waals surface area contributed by atoms with E-state index in [9.17, 15) is 19.0 Å². The highest BCUT2D eigenvalue weighted by atomic mass is 31.2. The molecule has 0 saturated carbocycles. The second kappa shape index (κ2) is 39.4. The molecule has 0 N–H and O–H groups in total. The molecule has 0 bridgehead atoms. The molecule has 0 spiro atoms. The number of esters is 2. The smallest absolute Gasteiger partial charge is 0.306 e. The minimum absolute atomic E-state index is 0.0362. The van der Waals surface area contributed by atoms with Crippen LogP contribution in [0, 0.1) is 0 Å². The van der Waals surface area contributed by atoms with Crippen LogP contribution in [0.5, 0.6) is 0 Å². The van der Waals surface area contributed by atoms with Crippen molar-refractivity contribution in [2.45, 2.75) is 193 Å². The van der Waals surface area contributed by atoms with Gasteiger partial charge in [-0.05, 0) is 77.0 Å². The predicted molar refractivity (Wildman–Crippen MR) is 236 cm³/mol. The molecule has 0 aliphatic rings. The summed E-state index contributed by atoms with van der Waals surface area (Å²) in [4.78, 5) is 37.6. The summed E-state index contributed by atoms with van der Waals surface area (Å²) in [5.74, 6) is -0.860. The minimum atomic E-state index is -4.63. The lowest BCUT2D eigenvalue weighted by Crippen LogP contribution is -2.37. The number of rotatable bonds is 41. The van der Waals surface area contributed by atoms with E-state index in [4.69, 9.17) is 18.5 Å². The summed E-state index contributed by atoms with van der Waals surface area (Å²) in [5.41, 5.74) is 0. The molecule has 10 heteroatoms. The van der Waals surface area contributed by atoms with Crippen LogP contribution in [0.25, 0.3) is 0 Å². The van der Waals surface area contributed by atoms with Gasteiger partial charge in [0.2, 0.25) is 0 Å². The predicted octanol–water partition coefficient (Wildman–Crippen LogP) is 12.4. The van der Waals surface area contributed by atoms with Crippen LogP contribution in [0.2, 0.25) is 0 Å². The number of carbonyl (C=O) groups is 2. The number of ether oxygens (including phenoxy) is 2. The quantitative estimate of drug-likeness (QED) is 0.0197. The van der Waals surface area contributed by atoms with Gasteiger partial charge < -0.3 is 27.9 Å². The topological polar surface area (TPSA) is 111 Å². The van der Waals surface area contributed by atoms with Crippen LogP contribution in [-0.4, -0.2) is 70.0 Å². The molecule has 0 saturated heterocycles. The highest BCUT2D eigenvalue weighted by Crippen LogP contribution is 2.38. The summed E-state index contributed by atoms with van der Waals surface area (Å²) in [6.07, 6.45) is 45.6. The van der Waals surface area contributed by atoms with Gasteiger partial charge in [-0.1, -0.05) is 146 Å². The Kier molecular flexibility index (Phi) is 38.0. The van der Waals surface area contributed by atoms with Gasteiger partial charge in [0.05, 0.1) is 27.7 Å². The third kappa shape index (κ3) is 43.4.